The Kier molecular flexibility index (Phi) is 4.66. The Morgan fingerprint density at radius 3 is 2.15 bits per heavy atom. The molecule has 0 amide bonds. The van der Waals surface area contributed by atoms with E-state index in [1.165, 1.54) is 0 Å². The summed E-state index contributed by atoms with van der Waals surface area (Å²) in [5.74, 6) is 0. The first kappa shape index (κ1) is 10.9. The van der Waals surface area contributed by atoms with E-state index in [4.69, 9.17) is 5.11 Å². The molecule has 0 aromatic rings. The van der Waals surface area contributed by atoms with Crippen LogP contribution in [0.1, 0.15) is 6.92 Å². The predicted octanol–water partition coefficient (Wildman–Crippen LogP) is -1.02. The van der Waals surface area contributed by atoms with Crippen molar-refractivity contribution < 1.29 is 10.2 Å². The second-order valence-electron chi connectivity index (χ2n) is 3.57. The third-order valence-corrected chi connectivity index (χ3v) is 2.59. The molecule has 4 heteroatoms. The van der Waals surface area contributed by atoms with E-state index in [0.717, 1.165) is 32.7 Å². The van der Waals surface area contributed by atoms with Crippen molar-refractivity contribution in [3.63, 3.8) is 0 Å². The van der Waals surface area contributed by atoms with E-state index >= 15 is 0 Å². The molecule has 0 bridgehead atoms. The van der Waals surface area contributed by atoms with Crippen LogP contribution in [0.4, 0.5) is 0 Å². The van der Waals surface area contributed by atoms with E-state index in [-0.39, 0.29) is 6.61 Å². The summed E-state index contributed by atoms with van der Waals surface area (Å²) in [6, 6.07) is 0. The fourth-order valence-electron chi connectivity index (χ4n) is 1.64. The summed E-state index contributed by atoms with van der Waals surface area (Å²) in [5.41, 5.74) is 0. The standard InChI is InChI=1S/C9H20N2O2/c1-2-10-3-5-11(6-4-10)7-9(13)8-12/h9,12-13H,2-8H2,1H3/t9-/m1/s1. The molecule has 13 heavy (non-hydrogen) atoms. The number of aliphatic hydroxyl groups excluding tert-OH is 2. The van der Waals surface area contributed by atoms with Crippen molar-refractivity contribution in [2.45, 2.75) is 13.0 Å². The Labute approximate surface area is 79.8 Å². The summed E-state index contributed by atoms with van der Waals surface area (Å²) in [4.78, 5) is 4.59. The minimum atomic E-state index is -0.576. The lowest BCUT2D eigenvalue weighted by Crippen LogP contribution is -2.48. The van der Waals surface area contributed by atoms with Crippen LogP contribution in [0.3, 0.4) is 0 Å². The van der Waals surface area contributed by atoms with E-state index < -0.39 is 6.10 Å². The lowest BCUT2D eigenvalue weighted by molar-refractivity contribution is 0.0404. The Hall–Kier alpha value is -0.160. The molecule has 0 unspecified atom stereocenters. The van der Waals surface area contributed by atoms with Crippen LogP contribution in [-0.2, 0) is 0 Å². The van der Waals surface area contributed by atoms with Crippen LogP contribution in [0.2, 0.25) is 0 Å². The maximum absolute atomic E-state index is 9.23. The highest BCUT2D eigenvalue weighted by atomic mass is 16.3. The van der Waals surface area contributed by atoms with Gasteiger partial charge in [0, 0.05) is 32.7 Å². The lowest BCUT2D eigenvalue weighted by atomic mass is 10.2. The zero-order valence-corrected chi connectivity index (χ0v) is 8.32. The number of likely N-dealkylation sites (N-methyl/N-ethyl adjacent to an activating group) is 1. The van der Waals surface area contributed by atoms with Crippen molar-refractivity contribution in [3.8, 4) is 0 Å². The van der Waals surface area contributed by atoms with Gasteiger partial charge in [0.1, 0.15) is 0 Å². The second kappa shape index (κ2) is 5.54. The fraction of sp³-hybridized carbons (Fsp3) is 1.00. The SMILES string of the molecule is CCN1CCN(C[C@@H](O)CO)CC1. The molecule has 2 N–H and O–H groups in total. The number of β-amino-alcohol motifs (C(OH)–C–C–N with tert-alkyl or cyclic N) is 1. The first-order valence-corrected chi connectivity index (χ1v) is 5.00. The first-order chi connectivity index (χ1) is 6.26. The van der Waals surface area contributed by atoms with Crippen molar-refractivity contribution in [1.29, 1.82) is 0 Å². The molecule has 0 aromatic carbocycles. The van der Waals surface area contributed by atoms with Gasteiger partial charge in [0.2, 0.25) is 0 Å². The van der Waals surface area contributed by atoms with Crippen LogP contribution in [0.5, 0.6) is 0 Å². The number of aliphatic hydroxyl groups is 2. The van der Waals surface area contributed by atoms with Crippen LogP contribution < -0.4 is 0 Å². The molecule has 4 nitrogen and oxygen atoms in total. The van der Waals surface area contributed by atoms with Gasteiger partial charge >= 0.3 is 0 Å². The summed E-state index contributed by atoms with van der Waals surface area (Å²) in [7, 11) is 0. The van der Waals surface area contributed by atoms with Gasteiger partial charge in [0.25, 0.3) is 0 Å². The molecular weight excluding hydrogens is 168 g/mol. The first-order valence-electron chi connectivity index (χ1n) is 5.00. The summed E-state index contributed by atoms with van der Waals surface area (Å²) in [5, 5.41) is 17.9. The monoisotopic (exact) mass is 188 g/mol. The highest BCUT2D eigenvalue weighted by Crippen LogP contribution is 2.01. The zero-order valence-electron chi connectivity index (χ0n) is 8.32. The highest BCUT2D eigenvalue weighted by molar-refractivity contribution is 4.72. The quantitative estimate of drug-likeness (QED) is 0.593. The van der Waals surface area contributed by atoms with E-state index in [1.54, 1.807) is 0 Å². The van der Waals surface area contributed by atoms with E-state index in [2.05, 4.69) is 16.7 Å². The van der Waals surface area contributed by atoms with Gasteiger partial charge in [0.05, 0.1) is 12.7 Å². The van der Waals surface area contributed by atoms with Crippen molar-refractivity contribution in [1.82, 2.24) is 9.80 Å². The van der Waals surface area contributed by atoms with Gasteiger partial charge in [-0.15, -0.1) is 0 Å². The molecule has 0 aliphatic carbocycles. The van der Waals surface area contributed by atoms with Crippen molar-refractivity contribution in [2.75, 3.05) is 45.9 Å². The molecule has 1 fully saturated rings. The van der Waals surface area contributed by atoms with Gasteiger partial charge in [-0.2, -0.15) is 0 Å². The van der Waals surface area contributed by atoms with Gasteiger partial charge in [-0.3, -0.25) is 4.90 Å². The Bertz CT molecular complexity index is 136. The number of piperazine rings is 1. The van der Waals surface area contributed by atoms with Crippen LogP contribution in [0, 0.1) is 0 Å². The van der Waals surface area contributed by atoms with Crippen molar-refractivity contribution in [3.05, 3.63) is 0 Å². The Balaban J connectivity index is 2.17. The van der Waals surface area contributed by atoms with Gasteiger partial charge in [0.15, 0.2) is 0 Å². The molecule has 0 aromatic heterocycles. The third kappa shape index (κ3) is 3.60. The highest BCUT2D eigenvalue weighted by Gasteiger charge is 2.17. The average molecular weight is 188 g/mol. The van der Waals surface area contributed by atoms with Gasteiger partial charge < -0.3 is 15.1 Å². The number of hydrogen-bond donors (Lipinski definition) is 2. The zero-order chi connectivity index (χ0) is 9.68. The molecule has 0 radical (unpaired) electrons. The average Bonchev–Trinajstić information content (AvgIpc) is 2.19. The largest absolute Gasteiger partial charge is 0.394 e. The Morgan fingerprint density at radius 1 is 1.15 bits per heavy atom. The molecule has 1 heterocycles. The van der Waals surface area contributed by atoms with Crippen LogP contribution in [-0.4, -0.2) is 72.0 Å². The topological polar surface area (TPSA) is 46.9 Å². The maximum Gasteiger partial charge on any atom is 0.0897 e. The van der Waals surface area contributed by atoms with Gasteiger partial charge in [-0.05, 0) is 6.54 Å². The predicted molar refractivity (Wildman–Crippen MR) is 51.6 cm³/mol. The molecule has 1 aliphatic rings. The Morgan fingerprint density at radius 2 is 1.69 bits per heavy atom. The summed E-state index contributed by atoms with van der Waals surface area (Å²) in [6.45, 7) is 7.91. The van der Waals surface area contributed by atoms with Crippen molar-refractivity contribution in [2.24, 2.45) is 0 Å². The smallest absolute Gasteiger partial charge is 0.0897 e. The molecule has 0 spiro atoms. The summed E-state index contributed by atoms with van der Waals surface area (Å²) in [6.07, 6.45) is -0.576. The number of nitrogens with zero attached hydrogens (tertiary/aromatic N) is 2. The van der Waals surface area contributed by atoms with Crippen LogP contribution in [0.15, 0.2) is 0 Å². The number of rotatable bonds is 4. The van der Waals surface area contributed by atoms with E-state index in [1.807, 2.05) is 0 Å². The van der Waals surface area contributed by atoms with Crippen LogP contribution in [0.25, 0.3) is 0 Å². The second-order valence-corrected chi connectivity index (χ2v) is 3.57. The molecule has 1 saturated heterocycles. The van der Waals surface area contributed by atoms with Crippen LogP contribution >= 0.6 is 0 Å². The maximum atomic E-state index is 9.23. The molecule has 0 saturated carbocycles. The minimum absolute atomic E-state index is 0.131. The summed E-state index contributed by atoms with van der Waals surface area (Å²) >= 11 is 0. The molecule has 1 rings (SSSR count). The lowest BCUT2D eigenvalue weighted by Gasteiger charge is -2.34. The third-order valence-electron chi connectivity index (χ3n) is 2.59. The van der Waals surface area contributed by atoms with Gasteiger partial charge in [-0.1, -0.05) is 6.92 Å². The van der Waals surface area contributed by atoms with Crippen molar-refractivity contribution >= 4 is 0 Å². The molecule has 1 atom stereocenters. The molecular formula is C9H20N2O2. The fourth-order valence-corrected chi connectivity index (χ4v) is 1.64. The van der Waals surface area contributed by atoms with Gasteiger partial charge in [-0.25, -0.2) is 0 Å². The molecule has 78 valence electrons. The van der Waals surface area contributed by atoms with E-state index in [0.29, 0.717) is 6.54 Å². The minimum Gasteiger partial charge on any atom is -0.394 e. The van der Waals surface area contributed by atoms with E-state index in [9.17, 15) is 5.11 Å². The number of hydrogen-bond acceptors (Lipinski definition) is 4. The molecule has 1 aliphatic heterocycles. The normalized spacial score (nSPS) is 23.3. The summed E-state index contributed by atoms with van der Waals surface area (Å²) < 4.78 is 0.